The van der Waals surface area contributed by atoms with Gasteiger partial charge in [-0.25, -0.2) is 0 Å². The van der Waals surface area contributed by atoms with Gasteiger partial charge < -0.3 is 5.73 Å². The monoisotopic (exact) mass is 284 g/mol. The van der Waals surface area contributed by atoms with Gasteiger partial charge in [-0.1, -0.05) is 6.42 Å². The summed E-state index contributed by atoms with van der Waals surface area (Å²) >= 11 is 3.31. The van der Waals surface area contributed by atoms with E-state index in [0.717, 1.165) is 29.4 Å². The first-order valence-corrected chi connectivity index (χ1v) is 6.34. The Balaban J connectivity index is 2.26. The van der Waals surface area contributed by atoms with Crippen LogP contribution in [0, 0.1) is 0 Å². The van der Waals surface area contributed by atoms with E-state index in [1.807, 2.05) is 12.1 Å². The van der Waals surface area contributed by atoms with Crippen LogP contribution in [0.3, 0.4) is 0 Å². The van der Waals surface area contributed by atoms with Crippen LogP contribution in [0.1, 0.15) is 31.4 Å². The van der Waals surface area contributed by atoms with Crippen LogP contribution in [0.25, 0.3) is 0 Å². The zero-order valence-corrected chi connectivity index (χ0v) is 10.9. The molecule has 0 atom stereocenters. The predicted molar refractivity (Wildman–Crippen MR) is 68.2 cm³/mol. The van der Waals surface area contributed by atoms with Crippen molar-refractivity contribution in [3.8, 4) is 0 Å². The van der Waals surface area contributed by atoms with E-state index in [-0.39, 0.29) is 5.78 Å². The summed E-state index contributed by atoms with van der Waals surface area (Å²) in [5.41, 5.74) is 6.22. The molecule has 88 valence electrons. The van der Waals surface area contributed by atoms with Gasteiger partial charge in [-0.05, 0) is 47.4 Å². The number of nitrogens with zero attached hydrogens (tertiary/aromatic N) is 1. The van der Waals surface area contributed by atoms with Crippen molar-refractivity contribution in [1.82, 2.24) is 4.98 Å². The summed E-state index contributed by atoms with van der Waals surface area (Å²) in [6.45, 7) is 0.711. The molecule has 0 unspecified atom stereocenters. The number of Topliss-reactive ketones (excluding diaryl/α,β-unsaturated/α-hetero) is 1. The van der Waals surface area contributed by atoms with Crippen LogP contribution in [0.15, 0.2) is 22.8 Å². The van der Waals surface area contributed by atoms with E-state index in [4.69, 9.17) is 5.73 Å². The van der Waals surface area contributed by atoms with Gasteiger partial charge in [0.2, 0.25) is 0 Å². The van der Waals surface area contributed by atoms with Crippen LogP contribution < -0.4 is 5.73 Å². The Bertz CT molecular complexity index is 324. The number of aromatic nitrogens is 1. The first kappa shape index (κ1) is 13.3. The molecule has 0 saturated carbocycles. The van der Waals surface area contributed by atoms with Gasteiger partial charge in [0.05, 0.1) is 0 Å². The number of nitrogens with two attached hydrogens (primary N) is 1. The van der Waals surface area contributed by atoms with Crippen LogP contribution in [-0.2, 0) is 11.2 Å². The van der Waals surface area contributed by atoms with Crippen molar-refractivity contribution in [1.29, 1.82) is 0 Å². The predicted octanol–water partition coefficient (Wildman–Crippen LogP) is 2.47. The zero-order valence-electron chi connectivity index (χ0n) is 9.29. The number of hydrogen-bond acceptors (Lipinski definition) is 3. The lowest BCUT2D eigenvalue weighted by molar-refractivity contribution is -0.118. The van der Waals surface area contributed by atoms with Crippen LogP contribution in [-0.4, -0.2) is 17.3 Å². The minimum absolute atomic E-state index is 0.256. The molecule has 0 saturated heterocycles. The molecule has 0 aliphatic rings. The maximum atomic E-state index is 11.6. The largest absolute Gasteiger partial charge is 0.330 e. The first-order chi connectivity index (χ1) is 7.72. The summed E-state index contributed by atoms with van der Waals surface area (Å²) in [6.07, 6.45) is 5.77. The van der Waals surface area contributed by atoms with Crippen LogP contribution in [0.5, 0.6) is 0 Å². The molecule has 1 rings (SSSR count). The number of carbonyl (C=O) groups is 1. The van der Waals surface area contributed by atoms with E-state index in [9.17, 15) is 4.79 Å². The molecule has 3 nitrogen and oxygen atoms in total. The average Bonchev–Trinajstić information content (AvgIpc) is 2.28. The molecular formula is C12H17BrN2O. The van der Waals surface area contributed by atoms with Crippen molar-refractivity contribution in [2.75, 3.05) is 6.54 Å². The van der Waals surface area contributed by atoms with E-state index in [0.29, 0.717) is 19.4 Å². The molecule has 1 heterocycles. The van der Waals surface area contributed by atoms with Gasteiger partial charge in [-0.3, -0.25) is 9.78 Å². The molecule has 16 heavy (non-hydrogen) atoms. The second-order valence-corrected chi connectivity index (χ2v) is 4.70. The normalized spacial score (nSPS) is 10.4. The second-order valence-electron chi connectivity index (χ2n) is 3.78. The third-order valence-corrected chi connectivity index (χ3v) is 2.80. The highest BCUT2D eigenvalue weighted by molar-refractivity contribution is 9.10. The Kier molecular flexibility index (Phi) is 6.26. The number of hydrogen-bond donors (Lipinski definition) is 1. The summed E-state index contributed by atoms with van der Waals surface area (Å²) in [5, 5.41) is 0. The molecule has 0 spiro atoms. The second kappa shape index (κ2) is 7.52. The van der Waals surface area contributed by atoms with E-state index in [1.165, 1.54) is 0 Å². The summed E-state index contributed by atoms with van der Waals surface area (Å²) in [4.78, 5) is 15.8. The standard InChI is InChI=1S/C12H17BrN2O/c13-10-5-6-11(15-9-10)8-12(16)4-2-1-3-7-14/h5-6,9H,1-4,7-8,14H2. The highest BCUT2D eigenvalue weighted by atomic mass is 79.9. The maximum absolute atomic E-state index is 11.6. The van der Waals surface area contributed by atoms with Gasteiger partial charge in [0.25, 0.3) is 0 Å². The molecule has 1 aromatic rings. The molecule has 4 heteroatoms. The van der Waals surface area contributed by atoms with Crippen molar-refractivity contribution in [2.24, 2.45) is 5.73 Å². The highest BCUT2D eigenvalue weighted by Gasteiger charge is 2.04. The molecule has 0 aliphatic carbocycles. The Hall–Kier alpha value is -0.740. The molecule has 0 bridgehead atoms. The van der Waals surface area contributed by atoms with Crippen molar-refractivity contribution in [2.45, 2.75) is 32.1 Å². The van der Waals surface area contributed by atoms with Gasteiger partial charge in [-0.15, -0.1) is 0 Å². The average molecular weight is 285 g/mol. The number of rotatable bonds is 7. The zero-order chi connectivity index (χ0) is 11.8. The van der Waals surface area contributed by atoms with E-state index >= 15 is 0 Å². The minimum Gasteiger partial charge on any atom is -0.330 e. The summed E-state index contributed by atoms with van der Waals surface area (Å²) in [6, 6.07) is 3.78. The number of ketones is 1. The number of unbranched alkanes of at least 4 members (excludes halogenated alkanes) is 2. The lowest BCUT2D eigenvalue weighted by Crippen LogP contribution is -2.05. The summed E-state index contributed by atoms with van der Waals surface area (Å²) < 4.78 is 0.937. The fraction of sp³-hybridized carbons (Fsp3) is 0.500. The Labute approximate surface area is 105 Å². The highest BCUT2D eigenvalue weighted by Crippen LogP contribution is 2.09. The van der Waals surface area contributed by atoms with Crippen molar-refractivity contribution in [3.05, 3.63) is 28.5 Å². The van der Waals surface area contributed by atoms with E-state index in [1.54, 1.807) is 6.20 Å². The van der Waals surface area contributed by atoms with Crippen molar-refractivity contribution in [3.63, 3.8) is 0 Å². The maximum Gasteiger partial charge on any atom is 0.138 e. The quantitative estimate of drug-likeness (QED) is 0.783. The third-order valence-electron chi connectivity index (χ3n) is 2.33. The van der Waals surface area contributed by atoms with Gasteiger partial charge in [-0.2, -0.15) is 0 Å². The molecule has 0 fully saturated rings. The van der Waals surface area contributed by atoms with Crippen LogP contribution in [0.2, 0.25) is 0 Å². The Morgan fingerprint density at radius 1 is 1.31 bits per heavy atom. The fourth-order valence-electron chi connectivity index (χ4n) is 1.44. The van der Waals surface area contributed by atoms with E-state index < -0.39 is 0 Å². The SMILES string of the molecule is NCCCCCC(=O)Cc1ccc(Br)cn1. The molecular weight excluding hydrogens is 268 g/mol. The Morgan fingerprint density at radius 2 is 2.12 bits per heavy atom. The summed E-state index contributed by atoms with van der Waals surface area (Å²) in [5.74, 6) is 0.256. The molecule has 0 aliphatic heterocycles. The summed E-state index contributed by atoms with van der Waals surface area (Å²) in [7, 11) is 0. The number of halogens is 1. The smallest absolute Gasteiger partial charge is 0.138 e. The van der Waals surface area contributed by atoms with Gasteiger partial charge >= 0.3 is 0 Å². The van der Waals surface area contributed by atoms with Crippen molar-refractivity contribution >= 4 is 21.7 Å². The van der Waals surface area contributed by atoms with Gasteiger partial charge in [0, 0.05) is 29.2 Å². The fourth-order valence-corrected chi connectivity index (χ4v) is 1.68. The van der Waals surface area contributed by atoms with Gasteiger partial charge in [0.1, 0.15) is 5.78 Å². The lowest BCUT2D eigenvalue weighted by atomic mass is 10.1. The number of pyridine rings is 1. The molecule has 0 radical (unpaired) electrons. The molecule has 1 aromatic heterocycles. The van der Waals surface area contributed by atoms with Crippen molar-refractivity contribution < 1.29 is 4.79 Å². The van der Waals surface area contributed by atoms with E-state index in [2.05, 4.69) is 20.9 Å². The lowest BCUT2D eigenvalue weighted by Gasteiger charge is -2.01. The first-order valence-electron chi connectivity index (χ1n) is 5.54. The topological polar surface area (TPSA) is 56.0 Å². The third kappa shape index (κ3) is 5.37. The Morgan fingerprint density at radius 3 is 2.75 bits per heavy atom. The molecule has 0 aromatic carbocycles. The van der Waals surface area contributed by atoms with Crippen LogP contribution in [0.4, 0.5) is 0 Å². The molecule has 0 amide bonds. The molecule has 2 N–H and O–H groups in total. The van der Waals surface area contributed by atoms with Gasteiger partial charge in [0.15, 0.2) is 0 Å². The minimum atomic E-state index is 0.256. The van der Waals surface area contributed by atoms with Crippen LogP contribution >= 0.6 is 15.9 Å². The number of carbonyl (C=O) groups excluding carboxylic acids is 1.